The number of esters is 1. The van der Waals surface area contributed by atoms with Gasteiger partial charge in [0, 0.05) is 0 Å². The highest BCUT2D eigenvalue weighted by Gasteiger charge is 2.07. The first kappa shape index (κ1) is 10.8. The fourth-order valence-electron chi connectivity index (χ4n) is 1.03. The molecule has 14 heavy (non-hydrogen) atoms. The lowest BCUT2D eigenvalue weighted by atomic mass is 10.1. The topological polar surface area (TPSA) is 26.3 Å². The monoisotopic (exact) mass is 210 g/mol. The molecule has 1 aromatic carbocycles. The summed E-state index contributed by atoms with van der Waals surface area (Å²) in [5, 5.41) is 0. The Bertz CT molecular complexity index is 330. The second kappa shape index (κ2) is 5.45. The molecule has 0 spiro atoms. The van der Waals surface area contributed by atoms with Crippen LogP contribution in [0.5, 0.6) is 0 Å². The number of methoxy groups -OCH3 is 1. The van der Waals surface area contributed by atoms with Gasteiger partial charge < -0.3 is 4.74 Å². The van der Waals surface area contributed by atoms with Gasteiger partial charge in [-0.25, -0.2) is 4.79 Å². The van der Waals surface area contributed by atoms with E-state index in [1.807, 2.05) is 30.3 Å². The molecular weight excluding hydrogens is 200 g/mol. The van der Waals surface area contributed by atoms with E-state index < -0.39 is 0 Å². The summed E-state index contributed by atoms with van der Waals surface area (Å²) in [5.74, 6) is -0.231. The van der Waals surface area contributed by atoms with Gasteiger partial charge >= 0.3 is 5.97 Å². The number of carbonyl (C=O) groups is 1. The predicted octanol–water partition coefficient (Wildman–Crippen LogP) is 2.48. The molecule has 2 nitrogen and oxygen atoms in total. The summed E-state index contributed by atoms with van der Waals surface area (Å²) in [4.78, 5) is 11.2. The van der Waals surface area contributed by atoms with Gasteiger partial charge in [-0.3, -0.25) is 0 Å². The lowest BCUT2D eigenvalue weighted by Crippen LogP contribution is -2.05. The lowest BCUT2D eigenvalue weighted by Gasteiger charge is -2.00. The Balaban J connectivity index is 2.89. The Kier molecular flexibility index (Phi) is 4.20. The number of benzene rings is 1. The average molecular weight is 211 g/mol. The van der Waals surface area contributed by atoms with E-state index in [1.165, 1.54) is 7.11 Å². The largest absolute Gasteiger partial charge is 0.466 e. The summed E-state index contributed by atoms with van der Waals surface area (Å²) in [5.41, 5.74) is 1.40. The van der Waals surface area contributed by atoms with Gasteiger partial charge in [-0.1, -0.05) is 30.3 Å². The molecule has 0 heterocycles. The van der Waals surface area contributed by atoms with Crippen molar-refractivity contribution in [2.24, 2.45) is 0 Å². The fourth-order valence-corrected chi connectivity index (χ4v) is 1.22. The van der Waals surface area contributed by atoms with E-state index in [-0.39, 0.29) is 11.8 Å². The highest BCUT2D eigenvalue weighted by atomic mass is 35.5. The van der Waals surface area contributed by atoms with Crippen molar-refractivity contribution in [3.05, 3.63) is 41.5 Å². The molecule has 74 valence electrons. The van der Waals surface area contributed by atoms with Crippen LogP contribution in [-0.4, -0.2) is 19.0 Å². The average Bonchev–Trinajstić information content (AvgIpc) is 2.26. The minimum Gasteiger partial charge on any atom is -0.466 e. The molecule has 0 aliphatic carbocycles. The van der Waals surface area contributed by atoms with E-state index in [4.69, 9.17) is 11.6 Å². The summed E-state index contributed by atoms with van der Waals surface area (Å²) in [6.45, 7) is 0. The van der Waals surface area contributed by atoms with Crippen LogP contribution in [-0.2, 0) is 9.53 Å². The van der Waals surface area contributed by atoms with Crippen LogP contribution in [0.1, 0.15) is 5.56 Å². The van der Waals surface area contributed by atoms with Crippen molar-refractivity contribution in [2.45, 2.75) is 0 Å². The van der Waals surface area contributed by atoms with Crippen LogP contribution in [0.15, 0.2) is 35.9 Å². The number of hydrogen-bond acceptors (Lipinski definition) is 2. The summed E-state index contributed by atoms with van der Waals surface area (Å²) in [6.07, 6.45) is 1.72. The van der Waals surface area contributed by atoms with E-state index in [9.17, 15) is 4.79 Å². The second-order valence-corrected chi connectivity index (χ2v) is 2.97. The third kappa shape index (κ3) is 2.89. The summed E-state index contributed by atoms with van der Waals surface area (Å²) >= 11 is 5.62. The molecule has 0 bridgehead atoms. The Morgan fingerprint density at radius 2 is 2.07 bits per heavy atom. The van der Waals surface area contributed by atoms with E-state index in [0.29, 0.717) is 5.57 Å². The van der Waals surface area contributed by atoms with E-state index in [1.54, 1.807) is 6.08 Å². The van der Waals surface area contributed by atoms with Crippen molar-refractivity contribution >= 4 is 23.6 Å². The van der Waals surface area contributed by atoms with Crippen LogP contribution in [0.3, 0.4) is 0 Å². The summed E-state index contributed by atoms with van der Waals surface area (Å²) in [6, 6.07) is 9.50. The van der Waals surface area contributed by atoms with Gasteiger partial charge in [-0.05, 0) is 11.6 Å². The molecule has 0 N–H and O–H groups in total. The number of hydrogen-bond donors (Lipinski definition) is 0. The first-order valence-corrected chi connectivity index (χ1v) is 4.71. The lowest BCUT2D eigenvalue weighted by molar-refractivity contribution is -0.135. The van der Waals surface area contributed by atoms with Crippen LogP contribution < -0.4 is 0 Å². The molecule has 0 fully saturated rings. The third-order valence-corrected chi connectivity index (χ3v) is 2.02. The molecule has 0 atom stereocenters. The highest BCUT2D eigenvalue weighted by Crippen LogP contribution is 2.09. The van der Waals surface area contributed by atoms with Gasteiger partial charge in [0.2, 0.25) is 0 Å². The van der Waals surface area contributed by atoms with Crippen molar-refractivity contribution in [1.29, 1.82) is 0 Å². The predicted molar refractivity (Wildman–Crippen MR) is 57.2 cm³/mol. The molecular formula is C11H11ClO2. The Hall–Kier alpha value is -1.28. The minimum absolute atomic E-state index is 0.154. The quantitative estimate of drug-likeness (QED) is 0.435. The first-order valence-electron chi connectivity index (χ1n) is 4.18. The van der Waals surface area contributed by atoms with Gasteiger partial charge in [0.25, 0.3) is 0 Å². The van der Waals surface area contributed by atoms with Gasteiger partial charge in [-0.2, -0.15) is 0 Å². The number of ether oxygens (including phenoxy) is 1. The maximum Gasteiger partial charge on any atom is 0.334 e. The van der Waals surface area contributed by atoms with Crippen molar-refractivity contribution < 1.29 is 9.53 Å². The van der Waals surface area contributed by atoms with Gasteiger partial charge in [0.1, 0.15) is 0 Å². The fraction of sp³-hybridized carbons (Fsp3) is 0.182. The number of carbonyl (C=O) groups excluding carboxylic acids is 1. The molecule has 3 heteroatoms. The molecule has 0 saturated carbocycles. The van der Waals surface area contributed by atoms with Crippen LogP contribution in [0, 0.1) is 0 Å². The third-order valence-electron chi connectivity index (χ3n) is 1.73. The van der Waals surface area contributed by atoms with Crippen molar-refractivity contribution in [2.75, 3.05) is 13.0 Å². The van der Waals surface area contributed by atoms with E-state index >= 15 is 0 Å². The zero-order valence-corrected chi connectivity index (χ0v) is 8.62. The normalized spacial score (nSPS) is 11.1. The molecule has 0 saturated heterocycles. The molecule has 1 aromatic rings. The molecule has 0 amide bonds. The van der Waals surface area contributed by atoms with E-state index in [0.717, 1.165) is 5.56 Å². The van der Waals surface area contributed by atoms with Gasteiger partial charge in [0.05, 0.1) is 18.6 Å². The maximum atomic E-state index is 11.2. The minimum atomic E-state index is -0.385. The molecule has 0 aliphatic rings. The Labute approximate surface area is 88.1 Å². The molecule has 0 aliphatic heterocycles. The first-order chi connectivity index (χ1) is 6.77. The van der Waals surface area contributed by atoms with Crippen molar-refractivity contribution in [1.82, 2.24) is 0 Å². The summed E-state index contributed by atoms with van der Waals surface area (Å²) in [7, 11) is 1.34. The molecule has 0 radical (unpaired) electrons. The van der Waals surface area contributed by atoms with Crippen LogP contribution >= 0.6 is 11.6 Å². The maximum absolute atomic E-state index is 11.2. The standard InChI is InChI=1S/C11H11ClO2/c1-14-11(13)10(8-12)7-9-5-3-2-4-6-9/h2-7H,8H2,1H3. The second-order valence-electron chi connectivity index (χ2n) is 2.71. The Morgan fingerprint density at radius 1 is 1.43 bits per heavy atom. The summed E-state index contributed by atoms with van der Waals surface area (Å²) < 4.78 is 4.58. The Morgan fingerprint density at radius 3 is 2.57 bits per heavy atom. The zero-order valence-electron chi connectivity index (χ0n) is 7.87. The smallest absolute Gasteiger partial charge is 0.334 e. The van der Waals surface area contributed by atoms with Gasteiger partial charge in [0.15, 0.2) is 0 Å². The van der Waals surface area contributed by atoms with Crippen molar-refractivity contribution in [3.8, 4) is 0 Å². The van der Waals surface area contributed by atoms with Crippen molar-refractivity contribution in [3.63, 3.8) is 0 Å². The molecule has 0 aromatic heterocycles. The molecule has 0 unspecified atom stereocenters. The van der Waals surface area contributed by atoms with Crippen LogP contribution in [0.2, 0.25) is 0 Å². The SMILES string of the molecule is COC(=O)C(=Cc1ccccc1)CCl. The van der Waals surface area contributed by atoms with Crippen LogP contribution in [0.4, 0.5) is 0 Å². The number of rotatable bonds is 3. The molecule has 1 rings (SSSR count). The van der Waals surface area contributed by atoms with E-state index in [2.05, 4.69) is 4.74 Å². The van der Waals surface area contributed by atoms with Gasteiger partial charge in [-0.15, -0.1) is 11.6 Å². The van der Waals surface area contributed by atoms with Crippen LogP contribution in [0.25, 0.3) is 6.08 Å². The zero-order chi connectivity index (χ0) is 10.4. The number of alkyl halides is 1. The number of halogens is 1. The highest BCUT2D eigenvalue weighted by molar-refractivity contribution is 6.23.